The standard InChI is InChI=1S/C18H18F3N3O/c19-18(20,21)13-3-1-2-12-14(4-7-22-16(12)13)24-8-5-17(6-9-24)10-15(25)23-11-17/h1-4,7H,5-6,8-11H2,(H,23,25). The third-order valence-electron chi connectivity index (χ3n) is 5.41. The monoisotopic (exact) mass is 349 g/mol. The summed E-state index contributed by atoms with van der Waals surface area (Å²) in [6.07, 6.45) is -0.718. The van der Waals surface area contributed by atoms with E-state index in [2.05, 4.69) is 15.2 Å². The van der Waals surface area contributed by atoms with Crippen molar-refractivity contribution in [2.45, 2.75) is 25.4 Å². The molecule has 1 aromatic heterocycles. The number of para-hydroxylation sites is 1. The van der Waals surface area contributed by atoms with E-state index in [1.54, 1.807) is 12.1 Å². The lowest BCUT2D eigenvalue weighted by molar-refractivity contribution is -0.136. The first kappa shape index (κ1) is 16.2. The van der Waals surface area contributed by atoms with Crippen LogP contribution in [0.1, 0.15) is 24.8 Å². The number of pyridine rings is 1. The molecule has 1 aromatic carbocycles. The van der Waals surface area contributed by atoms with Crippen molar-refractivity contribution in [3.05, 3.63) is 36.0 Å². The number of aromatic nitrogens is 1. The molecular formula is C18H18F3N3O. The second kappa shape index (κ2) is 5.61. The highest BCUT2D eigenvalue weighted by Crippen LogP contribution is 2.41. The Morgan fingerprint density at radius 2 is 1.92 bits per heavy atom. The Kier molecular flexibility index (Phi) is 3.63. The molecule has 2 aliphatic heterocycles. The van der Waals surface area contributed by atoms with E-state index in [1.165, 1.54) is 12.3 Å². The van der Waals surface area contributed by atoms with Crippen molar-refractivity contribution in [1.29, 1.82) is 0 Å². The number of carbonyl (C=O) groups excluding carboxylic acids is 1. The topological polar surface area (TPSA) is 45.2 Å². The fourth-order valence-corrected chi connectivity index (χ4v) is 3.99. The van der Waals surface area contributed by atoms with Crippen molar-refractivity contribution in [2.75, 3.05) is 24.5 Å². The third kappa shape index (κ3) is 2.81. The summed E-state index contributed by atoms with van der Waals surface area (Å²) in [5, 5.41) is 3.42. The maximum atomic E-state index is 13.2. The summed E-state index contributed by atoms with van der Waals surface area (Å²) < 4.78 is 39.7. The molecule has 0 radical (unpaired) electrons. The summed E-state index contributed by atoms with van der Waals surface area (Å²) in [6, 6.07) is 5.97. The molecule has 1 amide bonds. The first-order valence-corrected chi connectivity index (χ1v) is 8.35. The average Bonchev–Trinajstić information content (AvgIpc) is 2.94. The highest BCUT2D eigenvalue weighted by Gasteiger charge is 2.41. The Morgan fingerprint density at radius 1 is 1.16 bits per heavy atom. The van der Waals surface area contributed by atoms with Crippen molar-refractivity contribution in [3.63, 3.8) is 0 Å². The van der Waals surface area contributed by atoms with Crippen LogP contribution >= 0.6 is 0 Å². The van der Waals surface area contributed by atoms with Crippen molar-refractivity contribution < 1.29 is 18.0 Å². The van der Waals surface area contributed by atoms with E-state index in [0.717, 1.165) is 37.7 Å². The zero-order valence-electron chi connectivity index (χ0n) is 13.6. The Balaban J connectivity index is 1.66. The summed E-state index contributed by atoms with van der Waals surface area (Å²) in [4.78, 5) is 17.6. The average molecular weight is 349 g/mol. The molecule has 4 rings (SSSR count). The van der Waals surface area contributed by atoms with Gasteiger partial charge in [-0.3, -0.25) is 9.78 Å². The molecule has 2 fully saturated rings. The van der Waals surface area contributed by atoms with E-state index in [-0.39, 0.29) is 16.8 Å². The van der Waals surface area contributed by atoms with Crippen molar-refractivity contribution in [2.24, 2.45) is 5.41 Å². The number of nitrogens with zero attached hydrogens (tertiary/aromatic N) is 2. The van der Waals surface area contributed by atoms with Gasteiger partial charge in [-0.1, -0.05) is 12.1 Å². The smallest absolute Gasteiger partial charge is 0.371 e. The van der Waals surface area contributed by atoms with Crippen LogP contribution in [0.4, 0.5) is 18.9 Å². The first-order valence-electron chi connectivity index (χ1n) is 8.35. The fourth-order valence-electron chi connectivity index (χ4n) is 3.99. The van der Waals surface area contributed by atoms with Crippen LogP contribution in [0.2, 0.25) is 0 Å². The molecule has 0 aliphatic carbocycles. The molecule has 0 atom stereocenters. The Labute approximate surface area is 143 Å². The zero-order chi connectivity index (χ0) is 17.7. The molecule has 4 nitrogen and oxygen atoms in total. The second-order valence-corrected chi connectivity index (χ2v) is 6.97. The van der Waals surface area contributed by atoms with Gasteiger partial charge in [0.15, 0.2) is 0 Å². The number of halogens is 3. The maximum absolute atomic E-state index is 13.2. The SMILES string of the molecule is O=C1CC2(CCN(c3ccnc4c(C(F)(F)F)cccc34)CC2)CN1. The molecule has 3 heterocycles. The number of benzene rings is 1. The van der Waals surface area contributed by atoms with Gasteiger partial charge in [-0.25, -0.2) is 0 Å². The first-order chi connectivity index (χ1) is 11.9. The number of anilines is 1. The molecule has 7 heteroatoms. The van der Waals surface area contributed by atoms with Gasteiger partial charge in [0.25, 0.3) is 0 Å². The van der Waals surface area contributed by atoms with Crippen LogP contribution in [0.25, 0.3) is 10.9 Å². The van der Waals surface area contributed by atoms with Crippen LogP contribution in [-0.4, -0.2) is 30.5 Å². The van der Waals surface area contributed by atoms with Gasteiger partial charge in [0.2, 0.25) is 5.91 Å². The Bertz CT molecular complexity index is 826. The summed E-state index contributed by atoms with van der Waals surface area (Å²) in [5.41, 5.74) is 0.0766. The van der Waals surface area contributed by atoms with E-state index in [9.17, 15) is 18.0 Å². The van der Waals surface area contributed by atoms with Crippen molar-refractivity contribution in [3.8, 4) is 0 Å². The zero-order valence-corrected chi connectivity index (χ0v) is 13.6. The van der Waals surface area contributed by atoms with Gasteiger partial charge in [0.05, 0.1) is 11.1 Å². The number of amides is 1. The van der Waals surface area contributed by atoms with Gasteiger partial charge in [-0.2, -0.15) is 13.2 Å². The van der Waals surface area contributed by atoms with Crippen LogP contribution in [0.3, 0.4) is 0 Å². The van der Waals surface area contributed by atoms with Crippen LogP contribution in [0, 0.1) is 5.41 Å². The molecular weight excluding hydrogens is 331 g/mol. The van der Waals surface area contributed by atoms with Crippen LogP contribution in [0.5, 0.6) is 0 Å². The number of alkyl halides is 3. The van der Waals surface area contributed by atoms with Crippen LogP contribution in [-0.2, 0) is 11.0 Å². The Morgan fingerprint density at radius 3 is 2.56 bits per heavy atom. The highest BCUT2D eigenvalue weighted by atomic mass is 19.4. The number of hydrogen-bond donors (Lipinski definition) is 1. The molecule has 0 saturated carbocycles. The van der Waals surface area contributed by atoms with Gasteiger partial charge in [-0.15, -0.1) is 0 Å². The van der Waals surface area contributed by atoms with Gasteiger partial charge in [0, 0.05) is 43.3 Å². The summed E-state index contributed by atoms with van der Waals surface area (Å²) in [5.74, 6) is 0.0950. The Hall–Kier alpha value is -2.31. The number of carbonyl (C=O) groups is 1. The largest absolute Gasteiger partial charge is 0.418 e. The highest BCUT2D eigenvalue weighted by molar-refractivity contribution is 5.93. The molecule has 2 saturated heterocycles. The minimum absolute atomic E-state index is 0.00749. The number of rotatable bonds is 1. The fraction of sp³-hybridized carbons (Fsp3) is 0.444. The van der Waals surface area contributed by atoms with Gasteiger partial charge >= 0.3 is 6.18 Å². The number of hydrogen-bond acceptors (Lipinski definition) is 3. The maximum Gasteiger partial charge on any atom is 0.418 e. The number of piperidine rings is 1. The summed E-state index contributed by atoms with van der Waals surface area (Å²) >= 11 is 0. The predicted octanol–water partition coefficient (Wildman–Crippen LogP) is 3.36. The molecule has 0 unspecified atom stereocenters. The van der Waals surface area contributed by atoms with Gasteiger partial charge < -0.3 is 10.2 Å². The molecule has 0 bridgehead atoms. The summed E-state index contributed by atoms with van der Waals surface area (Å²) in [6.45, 7) is 2.16. The van der Waals surface area contributed by atoms with Crippen LogP contribution in [0.15, 0.2) is 30.5 Å². The lowest BCUT2D eigenvalue weighted by Gasteiger charge is -2.39. The minimum atomic E-state index is -4.42. The van der Waals surface area contributed by atoms with Gasteiger partial charge in [0.1, 0.15) is 0 Å². The van der Waals surface area contributed by atoms with E-state index in [4.69, 9.17) is 0 Å². The van der Waals surface area contributed by atoms with E-state index < -0.39 is 11.7 Å². The van der Waals surface area contributed by atoms with E-state index in [0.29, 0.717) is 18.4 Å². The number of nitrogens with one attached hydrogen (secondary N) is 1. The number of fused-ring (bicyclic) bond motifs is 1. The van der Waals surface area contributed by atoms with Crippen molar-refractivity contribution in [1.82, 2.24) is 10.3 Å². The molecule has 132 valence electrons. The molecule has 2 aliphatic rings. The molecule has 25 heavy (non-hydrogen) atoms. The molecule has 2 aromatic rings. The molecule has 1 N–H and O–H groups in total. The lowest BCUT2D eigenvalue weighted by Crippen LogP contribution is -2.41. The summed E-state index contributed by atoms with van der Waals surface area (Å²) in [7, 11) is 0. The predicted molar refractivity (Wildman–Crippen MR) is 88.3 cm³/mol. The van der Waals surface area contributed by atoms with Gasteiger partial charge in [-0.05, 0) is 30.4 Å². The normalized spacial score (nSPS) is 20.3. The molecule has 1 spiro atoms. The third-order valence-corrected chi connectivity index (χ3v) is 5.41. The van der Waals surface area contributed by atoms with Crippen molar-refractivity contribution >= 4 is 22.5 Å². The van der Waals surface area contributed by atoms with E-state index in [1.807, 2.05) is 0 Å². The minimum Gasteiger partial charge on any atom is -0.371 e. The lowest BCUT2D eigenvalue weighted by atomic mass is 9.77. The van der Waals surface area contributed by atoms with E-state index >= 15 is 0 Å². The van der Waals surface area contributed by atoms with Crippen LogP contribution < -0.4 is 10.2 Å². The second-order valence-electron chi connectivity index (χ2n) is 6.97. The quantitative estimate of drug-likeness (QED) is 0.859.